The van der Waals surface area contributed by atoms with Crippen LogP contribution in [0.25, 0.3) is 0 Å². The predicted molar refractivity (Wildman–Crippen MR) is 93.1 cm³/mol. The fraction of sp³-hybridized carbons (Fsp3) is 0.263. The van der Waals surface area contributed by atoms with Gasteiger partial charge in [-0.15, -0.1) is 0 Å². The molecular formula is C19H18F3NO5. The van der Waals surface area contributed by atoms with Crippen molar-refractivity contribution in [3.05, 3.63) is 59.2 Å². The van der Waals surface area contributed by atoms with Crippen molar-refractivity contribution < 1.29 is 37.0 Å². The number of amides is 1. The zero-order chi connectivity index (χ0) is 20.7. The SMILES string of the molecule is COc1ccc(C(=O)OCC(=O)NCc2ccccc2C(F)(F)F)cc1OC. The summed E-state index contributed by atoms with van der Waals surface area (Å²) in [7, 11) is 2.84. The van der Waals surface area contributed by atoms with Gasteiger partial charge in [0.25, 0.3) is 5.91 Å². The lowest BCUT2D eigenvalue weighted by Crippen LogP contribution is -2.29. The number of esters is 1. The summed E-state index contributed by atoms with van der Waals surface area (Å²) in [5.41, 5.74) is -0.792. The summed E-state index contributed by atoms with van der Waals surface area (Å²) in [6.45, 7) is -0.982. The van der Waals surface area contributed by atoms with Crippen LogP contribution in [0.2, 0.25) is 0 Å². The van der Waals surface area contributed by atoms with E-state index in [4.69, 9.17) is 14.2 Å². The zero-order valence-electron chi connectivity index (χ0n) is 15.1. The van der Waals surface area contributed by atoms with E-state index in [1.807, 2.05) is 0 Å². The molecular weight excluding hydrogens is 379 g/mol. The van der Waals surface area contributed by atoms with Gasteiger partial charge in [0.1, 0.15) is 0 Å². The van der Waals surface area contributed by atoms with E-state index in [1.54, 1.807) is 0 Å². The Bertz CT molecular complexity index is 852. The molecule has 0 aliphatic heterocycles. The Morgan fingerprint density at radius 2 is 1.68 bits per heavy atom. The van der Waals surface area contributed by atoms with Gasteiger partial charge in [-0.3, -0.25) is 4.79 Å². The Labute approximate surface area is 159 Å². The van der Waals surface area contributed by atoms with Crippen LogP contribution in [0.5, 0.6) is 11.5 Å². The largest absolute Gasteiger partial charge is 0.493 e. The first-order chi connectivity index (χ1) is 13.3. The molecule has 0 bridgehead atoms. The molecule has 0 saturated carbocycles. The smallest absolute Gasteiger partial charge is 0.416 e. The van der Waals surface area contributed by atoms with Crippen molar-refractivity contribution in [3.8, 4) is 11.5 Å². The van der Waals surface area contributed by atoms with Crippen LogP contribution >= 0.6 is 0 Å². The molecule has 2 rings (SSSR count). The van der Waals surface area contributed by atoms with E-state index < -0.39 is 30.2 Å². The Hall–Kier alpha value is -3.23. The van der Waals surface area contributed by atoms with Gasteiger partial charge < -0.3 is 19.5 Å². The molecule has 0 saturated heterocycles. The van der Waals surface area contributed by atoms with Gasteiger partial charge in [0, 0.05) is 6.54 Å². The molecule has 0 aromatic heterocycles. The molecule has 1 N–H and O–H groups in total. The fourth-order valence-electron chi connectivity index (χ4n) is 2.37. The number of halogens is 3. The number of rotatable bonds is 7. The van der Waals surface area contributed by atoms with Crippen LogP contribution in [0.3, 0.4) is 0 Å². The standard InChI is InChI=1S/C19H18F3NO5/c1-26-15-8-7-12(9-16(15)27-2)18(25)28-11-17(24)23-10-13-5-3-4-6-14(13)19(20,21)22/h3-9H,10-11H2,1-2H3,(H,23,24). The molecule has 9 heteroatoms. The number of carbonyl (C=O) groups is 2. The summed E-state index contributed by atoms with van der Waals surface area (Å²) in [5, 5.41) is 2.30. The molecule has 0 radical (unpaired) electrons. The van der Waals surface area contributed by atoms with Gasteiger partial charge in [-0.1, -0.05) is 18.2 Å². The second kappa shape index (κ2) is 9.12. The van der Waals surface area contributed by atoms with Crippen molar-refractivity contribution in [2.75, 3.05) is 20.8 Å². The summed E-state index contributed by atoms with van der Waals surface area (Å²) < 4.78 is 53.8. The monoisotopic (exact) mass is 397 g/mol. The maximum atomic E-state index is 12.9. The number of carbonyl (C=O) groups excluding carboxylic acids is 2. The first kappa shape index (κ1) is 21.1. The molecule has 150 valence electrons. The van der Waals surface area contributed by atoms with E-state index in [-0.39, 0.29) is 17.7 Å². The fourth-order valence-corrected chi connectivity index (χ4v) is 2.37. The molecule has 0 spiro atoms. The van der Waals surface area contributed by atoms with Crippen molar-refractivity contribution in [1.29, 1.82) is 0 Å². The van der Waals surface area contributed by atoms with Crippen molar-refractivity contribution in [2.45, 2.75) is 12.7 Å². The Morgan fingerprint density at radius 3 is 2.32 bits per heavy atom. The Morgan fingerprint density at radius 1 is 1.00 bits per heavy atom. The van der Waals surface area contributed by atoms with Crippen molar-refractivity contribution in [1.82, 2.24) is 5.32 Å². The average molecular weight is 397 g/mol. The molecule has 6 nitrogen and oxygen atoms in total. The third kappa shape index (κ3) is 5.38. The predicted octanol–water partition coefficient (Wildman–Crippen LogP) is 3.20. The molecule has 0 heterocycles. The number of hydrogen-bond donors (Lipinski definition) is 1. The maximum Gasteiger partial charge on any atom is 0.416 e. The van der Waals surface area contributed by atoms with E-state index >= 15 is 0 Å². The lowest BCUT2D eigenvalue weighted by atomic mass is 10.1. The van der Waals surface area contributed by atoms with Gasteiger partial charge in [0.05, 0.1) is 25.3 Å². The number of alkyl halides is 3. The van der Waals surface area contributed by atoms with Crippen LogP contribution in [-0.2, 0) is 22.3 Å². The van der Waals surface area contributed by atoms with Crippen LogP contribution in [0.1, 0.15) is 21.5 Å². The minimum absolute atomic E-state index is 0.0884. The van der Waals surface area contributed by atoms with E-state index in [9.17, 15) is 22.8 Å². The highest BCUT2D eigenvalue weighted by molar-refractivity contribution is 5.92. The zero-order valence-corrected chi connectivity index (χ0v) is 15.1. The summed E-state index contributed by atoms with van der Waals surface area (Å²) in [5.74, 6) is -0.789. The van der Waals surface area contributed by atoms with Gasteiger partial charge in [-0.05, 0) is 29.8 Å². The third-order valence-electron chi connectivity index (χ3n) is 3.75. The van der Waals surface area contributed by atoms with Crippen LogP contribution < -0.4 is 14.8 Å². The topological polar surface area (TPSA) is 73.9 Å². The van der Waals surface area contributed by atoms with Gasteiger partial charge in [-0.25, -0.2) is 4.79 Å². The van der Waals surface area contributed by atoms with Crippen molar-refractivity contribution in [3.63, 3.8) is 0 Å². The van der Waals surface area contributed by atoms with Gasteiger partial charge in [-0.2, -0.15) is 13.2 Å². The lowest BCUT2D eigenvalue weighted by Gasteiger charge is -2.13. The second-order valence-corrected chi connectivity index (χ2v) is 5.58. The summed E-state index contributed by atoms with van der Waals surface area (Å²) in [4.78, 5) is 23.9. The molecule has 0 atom stereocenters. The summed E-state index contributed by atoms with van der Waals surface area (Å²) in [6, 6.07) is 9.22. The maximum absolute atomic E-state index is 12.9. The van der Waals surface area contributed by atoms with E-state index in [2.05, 4.69) is 5.32 Å². The van der Waals surface area contributed by atoms with Gasteiger partial charge in [0.2, 0.25) is 0 Å². The minimum Gasteiger partial charge on any atom is -0.493 e. The summed E-state index contributed by atoms with van der Waals surface area (Å²) in [6.07, 6.45) is -4.53. The average Bonchev–Trinajstić information content (AvgIpc) is 2.69. The van der Waals surface area contributed by atoms with Crippen LogP contribution in [0, 0.1) is 0 Å². The third-order valence-corrected chi connectivity index (χ3v) is 3.75. The number of methoxy groups -OCH3 is 2. The normalized spacial score (nSPS) is 10.9. The van der Waals surface area contributed by atoms with E-state index in [1.165, 1.54) is 50.6 Å². The number of benzene rings is 2. The lowest BCUT2D eigenvalue weighted by molar-refractivity contribution is -0.138. The highest BCUT2D eigenvalue weighted by Gasteiger charge is 2.32. The van der Waals surface area contributed by atoms with Crippen LogP contribution in [0.15, 0.2) is 42.5 Å². The molecule has 28 heavy (non-hydrogen) atoms. The molecule has 0 aliphatic rings. The van der Waals surface area contributed by atoms with Gasteiger partial charge >= 0.3 is 12.1 Å². The van der Waals surface area contributed by atoms with Crippen molar-refractivity contribution in [2.24, 2.45) is 0 Å². The number of nitrogens with one attached hydrogen (secondary N) is 1. The number of hydrogen-bond acceptors (Lipinski definition) is 5. The van der Waals surface area contributed by atoms with Crippen molar-refractivity contribution >= 4 is 11.9 Å². The minimum atomic E-state index is -4.53. The van der Waals surface area contributed by atoms with E-state index in [0.29, 0.717) is 11.5 Å². The molecule has 0 aliphatic carbocycles. The highest BCUT2D eigenvalue weighted by Crippen LogP contribution is 2.31. The molecule has 0 unspecified atom stereocenters. The molecule has 2 aromatic carbocycles. The van der Waals surface area contributed by atoms with Gasteiger partial charge in [0.15, 0.2) is 18.1 Å². The summed E-state index contributed by atoms with van der Waals surface area (Å²) >= 11 is 0. The highest BCUT2D eigenvalue weighted by atomic mass is 19.4. The second-order valence-electron chi connectivity index (χ2n) is 5.58. The first-order valence-electron chi connectivity index (χ1n) is 8.07. The Kier molecular flexibility index (Phi) is 6.86. The van der Waals surface area contributed by atoms with E-state index in [0.717, 1.165) is 6.07 Å². The number of ether oxygens (including phenoxy) is 3. The van der Waals surface area contributed by atoms with Crippen LogP contribution in [0.4, 0.5) is 13.2 Å². The molecule has 2 aromatic rings. The molecule has 0 fully saturated rings. The first-order valence-corrected chi connectivity index (χ1v) is 8.07. The van der Waals surface area contributed by atoms with Crippen LogP contribution in [-0.4, -0.2) is 32.7 Å². The quantitative estimate of drug-likeness (QED) is 0.727. The molecule has 1 amide bonds. The Balaban J connectivity index is 1.92.